The maximum absolute atomic E-state index is 14.4. The number of aromatic nitrogens is 3. The SMILES string of the molecule is CC(C)c1cnc2c(NCc3ccccc3CO)cc(SC3CCNCC3F)nn12. The van der Waals surface area contributed by atoms with Crippen molar-refractivity contribution in [3.05, 3.63) is 53.3 Å². The lowest BCUT2D eigenvalue weighted by Crippen LogP contribution is -2.39. The van der Waals surface area contributed by atoms with E-state index >= 15 is 0 Å². The lowest BCUT2D eigenvalue weighted by atomic mass is 10.1. The molecule has 0 radical (unpaired) electrons. The Morgan fingerprint density at radius 1 is 1.33 bits per heavy atom. The number of anilines is 1. The van der Waals surface area contributed by atoms with Crippen molar-refractivity contribution < 1.29 is 9.50 Å². The first-order valence-electron chi connectivity index (χ1n) is 10.4. The summed E-state index contributed by atoms with van der Waals surface area (Å²) in [5.74, 6) is 0.267. The van der Waals surface area contributed by atoms with E-state index in [0.29, 0.717) is 13.1 Å². The van der Waals surface area contributed by atoms with E-state index in [0.717, 1.165) is 46.1 Å². The molecule has 2 unspecified atom stereocenters. The van der Waals surface area contributed by atoms with Crippen LogP contribution in [0.5, 0.6) is 0 Å². The molecule has 3 aromatic rings. The van der Waals surface area contributed by atoms with Gasteiger partial charge in [0, 0.05) is 18.3 Å². The van der Waals surface area contributed by atoms with E-state index in [9.17, 15) is 9.50 Å². The highest BCUT2D eigenvalue weighted by molar-refractivity contribution is 7.99. The summed E-state index contributed by atoms with van der Waals surface area (Å²) in [6.45, 7) is 6.00. The van der Waals surface area contributed by atoms with Gasteiger partial charge in [-0.3, -0.25) is 0 Å². The van der Waals surface area contributed by atoms with E-state index in [4.69, 9.17) is 5.10 Å². The number of halogens is 1. The van der Waals surface area contributed by atoms with E-state index in [1.54, 1.807) is 0 Å². The molecule has 0 amide bonds. The molecular weight excluding hydrogens is 401 g/mol. The quantitative estimate of drug-likeness (QED) is 0.531. The summed E-state index contributed by atoms with van der Waals surface area (Å²) >= 11 is 1.50. The third kappa shape index (κ3) is 4.45. The summed E-state index contributed by atoms with van der Waals surface area (Å²) < 4.78 is 16.3. The molecule has 1 aromatic carbocycles. The Hall–Kier alpha value is -2.16. The Morgan fingerprint density at radius 3 is 2.87 bits per heavy atom. The number of nitrogens with zero attached hydrogens (tertiary/aromatic N) is 3. The van der Waals surface area contributed by atoms with Crippen LogP contribution in [-0.4, -0.2) is 44.2 Å². The first kappa shape index (κ1) is 21.1. The monoisotopic (exact) mass is 429 g/mol. The fourth-order valence-corrected chi connectivity index (χ4v) is 4.81. The number of fused-ring (bicyclic) bond motifs is 1. The summed E-state index contributed by atoms with van der Waals surface area (Å²) in [5, 5.41) is 21.6. The van der Waals surface area contributed by atoms with E-state index in [2.05, 4.69) is 29.5 Å². The highest BCUT2D eigenvalue weighted by Crippen LogP contribution is 2.32. The van der Waals surface area contributed by atoms with Gasteiger partial charge in [-0.2, -0.15) is 5.10 Å². The highest BCUT2D eigenvalue weighted by atomic mass is 32.2. The van der Waals surface area contributed by atoms with Gasteiger partial charge in [0.15, 0.2) is 5.65 Å². The Labute approximate surface area is 180 Å². The summed E-state index contributed by atoms with van der Waals surface area (Å²) in [6.07, 6.45) is 1.75. The molecule has 3 N–H and O–H groups in total. The number of nitrogens with one attached hydrogen (secondary N) is 2. The van der Waals surface area contributed by atoms with Gasteiger partial charge in [-0.1, -0.05) is 49.9 Å². The lowest BCUT2D eigenvalue weighted by Gasteiger charge is -2.26. The van der Waals surface area contributed by atoms with Gasteiger partial charge in [0.05, 0.1) is 24.2 Å². The van der Waals surface area contributed by atoms with E-state index in [-0.39, 0.29) is 17.8 Å². The zero-order chi connectivity index (χ0) is 21.1. The smallest absolute Gasteiger partial charge is 0.177 e. The number of hydrogen-bond acceptors (Lipinski definition) is 6. The Kier molecular flexibility index (Phi) is 6.55. The molecule has 2 atom stereocenters. The molecule has 30 heavy (non-hydrogen) atoms. The molecule has 1 fully saturated rings. The molecule has 0 saturated carbocycles. The number of benzene rings is 1. The van der Waals surface area contributed by atoms with Crippen molar-refractivity contribution in [2.75, 3.05) is 18.4 Å². The average molecular weight is 430 g/mol. The molecule has 6 nitrogen and oxygen atoms in total. The number of piperidine rings is 1. The van der Waals surface area contributed by atoms with Crippen LogP contribution in [0.4, 0.5) is 10.1 Å². The highest BCUT2D eigenvalue weighted by Gasteiger charge is 2.26. The lowest BCUT2D eigenvalue weighted by molar-refractivity contribution is 0.275. The zero-order valence-electron chi connectivity index (χ0n) is 17.3. The Bertz CT molecular complexity index is 1010. The topological polar surface area (TPSA) is 74.5 Å². The minimum absolute atomic E-state index is 0.000804. The summed E-state index contributed by atoms with van der Waals surface area (Å²) in [6, 6.07) is 9.77. The summed E-state index contributed by atoms with van der Waals surface area (Å²) in [5.41, 5.74) is 4.56. The number of thioether (sulfide) groups is 1. The normalized spacial score (nSPS) is 19.5. The minimum Gasteiger partial charge on any atom is -0.392 e. The number of aliphatic hydroxyl groups is 1. The molecule has 1 saturated heterocycles. The Balaban J connectivity index is 1.66. The Morgan fingerprint density at radius 2 is 2.13 bits per heavy atom. The second-order valence-corrected chi connectivity index (χ2v) is 9.17. The average Bonchev–Trinajstić information content (AvgIpc) is 3.18. The number of aliphatic hydroxyl groups excluding tert-OH is 1. The molecule has 3 heterocycles. The van der Waals surface area contributed by atoms with Crippen LogP contribution in [0.1, 0.15) is 43.0 Å². The van der Waals surface area contributed by atoms with E-state index in [1.807, 2.05) is 41.0 Å². The van der Waals surface area contributed by atoms with Gasteiger partial charge in [-0.05, 0) is 36.1 Å². The van der Waals surface area contributed by atoms with E-state index in [1.165, 1.54) is 11.8 Å². The molecule has 8 heteroatoms. The van der Waals surface area contributed by atoms with Crippen molar-refractivity contribution in [2.45, 2.75) is 55.8 Å². The van der Waals surface area contributed by atoms with Crippen molar-refractivity contribution >= 4 is 23.1 Å². The van der Waals surface area contributed by atoms with Crippen molar-refractivity contribution in [3.8, 4) is 0 Å². The third-order valence-electron chi connectivity index (χ3n) is 5.44. The molecule has 160 valence electrons. The van der Waals surface area contributed by atoms with Crippen molar-refractivity contribution in [2.24, 2.45) is 0 Å². The minimum atomic E-state index is -0.888. The number of rotatable bonds is 7. The summed E-state index contributed by atoms with van der Waals surface area (Å²) in [4.78, 5) is 4.59. The molecule has 4 rings (SSSR count). The van der Waals surface area contributed by atoms with Crippen molar-refractivity contribution in [1.29, 1.82) is 0 Å². The first-order valence-corrected chi connectivity index (χ1v) is 11.3. The van der Waals surface area contributed by atoms with Crippen molar-refractivity contribution in [1.82, 2.24) is 19.9 Å². The fraction of sp³-hybridized carbons (Fsp3) is 0.455. The molecule has 1 aliphatic rings. The molecule has 1 aliphatic heterocycles. The van der Waals surface area contributed by atoms with Crippen LogP contribution in [0.2, 0.25) is 0 Å². The van der Waals surface area contributed by atoms with Gasteiger partial charge in [0.1, 0.15) is 11.2 Å². The number of hydrogen-bond donors (Lipinski definition) is 3. The molecule has 2 aromatic heterocycles. The van der Waals surface area contributed by atoms with Crippen LogP contribution in [0.3, 0.4) is 0 Å². The second-order valence-electron chi connectivity index (χ2n) is 7.91. The predicted molar refractivity (Wildman–Crippen MR) is 119 cm³/mol. The van der Waals surface area contributed by atoms with Crippen LogP contribution < -0.4 is 10.6 Å². The predicted octanol–water partition coefficient (Wildman–Crippen LogP) is 3.75. The summed E-state index contributed by atoms with van der Waals surface area (Å²) in [7, 11) is 0. The molecule has 0 spiro atoms. The maximum atomic E-state index is 14.4. The molecule has 0 aliphatic carbocycles. The standard InChI is InChI=1S/C22H28FN5OS/c1-14(2)19-12-26-22-18(25-10-15-5-3-4-6-16(15)13-29)9-21(27-28(19)22)30-20-7-8-24-11-17(20)23/h3-6,9,12,14,17,20,24-25,29H,7-8,10-11,13H2,1-2H3. The molecule has 0 bridgehead atoms. The largest absolute Gasteiger partial charge is 0.392 e. The van der Waals surface area contributed by atoms with Crippen molar-refractivity contribution in [3.63, 3.8) is 0 Å². The van der Waals surface area contributed by atoms with Crippen LogP contribution in [0.25, 0.3) is 5.65 Å². The maximum Gasteiger partial charge on any atom is 0.177 e. The third-order valence-corrected chi connectivity index (χ3v) is 6.72. The van der Waals surface area contributed by atoms with Crippen LogP contribution >= 0.6 is 11.8 Å². The van der Waals surface area contributed by atoms with Gasteiger partial charge in [-0.25, -0.2) is 13.9 Å². The van der Waals surface area contributed by atoms with Gasteiger partial charge < -0.3 is 15.7 Å². The van der Waals surface area contributed by atoms with Gasteiger partial charge in [-0.15, -0.1) is 0 Å². The van der Waals surface area contributed by atoms with Gasteiger partial charge >= 0.3 is 0 Å². The fourth-order valence-electron chi connectivity index (χ4n) is 3.70. The second kappa shape index (κ2) is 9.32. The zero-order valence-corrected chi connectivity index (χ0v) is 18.1. The van der Waals surface area contributed by atoms with E-state index < -0.39 is 6.17 Å². The number of alkyl halides is 1. The van der Waals surface area contributed by atoms with Gasteiger partial charge in [0.25, 0.3) is 0 Å². The van der Waals surface area contributed by atoms with Crippen LogP contribution in [-0.2, 0) is 13.2 Å². The first-order chi connectivity index (χ1) is 14.6. The van der Waals surface area contributed by atoms with Gasteiger partial charge in [0.2, 0.25) is 0 Å². The number of imidazole rings is 1. The molecular formula is C22H28FN5OS. The van der Waals surface area contributed by atoms with Crippen LogP contribution in [0, 0.1) is 0 Å². The van der Waals surface area contributed by atoms with Crippen LogP contribution in [0.15, 0.2) is 41.6 Å².